The average Bonchev–Trinajstić information content (AvgIpc) is 3.02. The molecule has 5 nitrogen and oxygen atoms in total. The number of hydrogen-bond donors (Lipinski definition) is 1. The number of aliphatic hydroxyl groups excluding tert-OH is 1. The van der Waals surface area contributed by atoms with Crippen LogP contribution in [0.15, 0.2) is 24.3 Å². The average molecular weight is 621 g/mol. The van der Waals surface area contributed by atoms with Crippen molar-refractivity contribution in [2.45, 2.75) is 200 Å². The van der Waals surface area contributed by atoms with Crippen molar-refractivity contribution in [2.24, 2.45) is 0 Å². The quantitative estimate of drug-likeness (QED) is 0.0440. The van der Waals surface area contributed by atoms with Crippen LogP contribution in [0.3, 0.4) is 0 Å². The Morgan fingerprint density at radius 3 is 1.25 bits per heavy atom. The molecule has 0 aliphatic rings. The van der Waals surface area contributed by atoms with Crippen molar-refractivity contribution >= 4 is 11.9 Å². The lowest BCUT2D eigenvalue weighted by molar-refractivity contribution is -0.161. The molecule has 0 fully saturated rings. The van der Waals surface area contributed by atoms with Crippen LogP contribution in [0, 0.1) is 0 Å². The van der Waals surface area contributed by atoms with E-state index < -0.39 is 6.10 Å². The maximum atomic E-state index is 12.1. The third-order valence-electron chi connectivity index (χ3n) is 8.22. The molecule has 0 saturated carbocycles. The Labute approximate surface area is 273 Å². The second kappa shape index (κ2) is 35.9. The molecular weight excluding hydrogens is 548 g/mol. The summed E-state index contributed by atoms with van der Waals surface area (Å²) in [6.07, 6.45) is 40.9. The summed E-state index contributed by atoms with van der Waals surface area (Å²) in [5.74, 6) is -0.603. The van der Waals surface area contributed by atoms with Gasteiger partial charge in [0.1, 0.15) is 6.61 Å². The van der Waals surface area contributed by atoms with Gasteiger partial charge >= 0.3 is 11.9 Å². The van der Waals surface area contributed by atoms with E-state index in [0.717, 1.165) is 44.9 Å². The van der Waals surface area contributed by atoms with Crippen molar-refractivity contribution in [2.75, 3.05) is 13.2 Å². The lowest BCUT2D eigenvalue weighted by Crippen LogP contribution is -2.28. The van der Waals surface area contributed by atoms with Crippen LogP contribution in [0.1, 0.15) is 194 Å². The fourth-order valence-corrected chi connectivity index (χ4v) is 5.31. The predicted molar refractivity (Wildman–Crippen MR) is 187 cm³/mol. The van der Waals surface area contributed by atoms with Crippen LogP contribution >= 0.6 is 0 Å². The summed E-state index contributed by atoms with van der Waals surface area (Å²) in [4.78, 5) is 24.2. The van der Waals surface area contributed by atoms with Crippen molar-refractivity contribution in [1.82, 2.24) is 0 Å². The molecule has 0 aromatic carbocycles. The summed E-state index contributed by atoms with van der Waals surface area (Å²) >= 11 is 0. The number of esters is 2. The first-order valence-corrected chi connectivity index (χ1v) is 18.9. The van der Waals surface area contributed by atoms with E-state index >= 15 is 0 Å². The number of rotatable bonds is 34. The van der Waals surface area contributed by atoms with Gasteiger partial charge in [-0.1, -0.05) is 141 Å². The summed E-state index contributed by atoms with van der Waals surface area (Å²) in [5.41, 5.74) is 0. The number of carbonyl (C=O) groups is 2. The van der Waals surface area contributed by atoms with E-state index in [2.05, 4.69) is 38.2 Å². The number of ether oxygens (including phenoxy) is 2. The van der Waals surface area contributed by atoms with Gasteiger partial charge in [-0.25, -0.2) is 0 Å². The fourth-order valence-electron chi connectivity index (χ4n) is 5.31. The highest BCUT2D eigenvalue weighted by atomic mass is 16.6. The highest BCUT2D eigenvalue weighted by Gasteiger charge is 2.16. The molecule has 258 valence electrons. The Morgan fingerprint density at radius 2 is 0.841 bits per heavy atom. The van der Waals surface area contributed by atoms with Gasteiger partial charge in [0.25, 0.3) is 0 Å². The van der Waals surface area contributed by atoms with Gasteiger partial charge in [0, 0.05) is 12.8 Å². The maximum absolute atomic E-state index is 12.1. The zero-order valence-electron chi connectivity index (χ0n) is 29.2. The van der Waals surface area contributed by atoms with Crippen LogP contribution in [-0.4, -0.2) is 36.4 Å². The lowest BCUT2D eigenvalue weighted by atomic mass is 10.1. The number of hydrogen-bond acceptors (Lipinski definition) is 5. The van der Waals surface area contributed by atoms with Crippen molar-refractivity contribution in [3.8, 4) is 0 Å². The summed E-state index contributed by atoms with van der Waals surface area (Å²) in [7, 11) is 0. The number of aliphatic hydroxyl groups is 1. The third kappa shape index (κ3) is 33.3. The first-order chi connectivity index (χ1) is 21.6. The Balaban J connectivity index is 3.56. The molecule has 0 saturated heterocycles. The zero-order chi connectivity index (χ0) is 32.2. The molecule has 0 radical (unpaired) electrons. The van der Waals surface area contributed by atoms with Crippen LogP contribution in [0.5, 0.6) is 0 Å². The molecule has 1 atom stereocenters. The first kappa shape index (κ1) is 42.4. The standard InChI is InChI=1S/C39H72O5/c1-3-5-7-9-11-13-15-17-18-19-20-22-23-25-27-29-31-33-38(41)43-36-37(35-40)44-39(42)34-32-30-28-26-24-21-16-14-12-10-8-6-4-2/h14,16-18,37,40H,3-13,15,19-36H2,1-2H3. The molecule has 0 aliphatic heterocycles. The molecule has 1 unspecified atom stereocenters. The molecule has 1 N–H and O–H groups in total. The smallest absolute Gasteiger partial charge is 0.306 e. The van der Waals surface area contributed by atoms with E-state index in [1.165, 1.54) is 122 Å². The van der Waals surface area contributed by atoms with E-state index in [1.54, 1.807) is 0 Å². The van der Waals surface area contributed by atoms with Gasteiger partial charge in [-0.15, -0.1) is 0 Å². The second-order valence-corrected chi connectivity index (χ2v) is 12.6. The molecule has 0 rings (SSSR count). The molecule has 0 spiro atoms. The minimum Gasteiger partial charge on any atom is -0.462 e. The summed E-state index contributed by atoms with van der Waals surface area (Å²) < 4.78 is 10.6. The number of unbranched alkanes of at least 4 members (excludes halogenated alkanes) is 22. The summed E-state index contributed by atoms with van der Waals surface area (Å²) in [6.45, 7) is 4.11. The highest BCUT2D eigenvalue weighted by molar-refractivity contribution is 5.70. The normalized spacial score (nSPS) is 12.3. The first-order valence-electron chi connectivity index (χ1n) is 18.9. The number of carbonyl (C=O) groups excluding carboxylic acids is 2. The van der Waals surface area contributed by atoms with E-state index in [4.69, 9.17) is 9.47 Å². The van der Waals surface area contributed by atoms with E-state index in [1.807, 2.05) is 0 Å². The largest absolute Gasteiger partial charge is 0.462 e. The van der Waals surface area contributed by atoms with Crippen molar-refractivity contribution < 1.29 is 24.2 Å². The molecule has 0 amide bonds. The zero-order valence-corrected chi connectivity index (χ0v) is 29.2. The van der Waals surface area contributed by atoms with Crippen molar-refractivity contribution in [3.05, 3.63) is 24.3 Å². The van der Waals surface area contributed by atoms with E-state index in [9.17, 15) is 14.7 Å². The number of allylic oxidation sites excluding steroid dienone is 4. The Morgan fingerprint density at radius 1 is 0.500 bits per heavy atom. The fraction of sp³-hybridized carbons (Fsp3) is 0.846. The lowest BCUT2D eigenvalue weighted by Gasteiger charge is -2.15. The van der Waals surface area contributed by atoms with Crippen LogP contribution in [-0.2, 0) is 19.1 Å². The summed E-state index contributed by atoms with van der Waals surface area (Å²) in [6, 6.07) is 0. The van der Waals surface area contributed by atoms with Gasteiger partial charge in [0.2, 0.25) is 0 Å². The van der Waals surface area contributed by atoms with Gasteiger partial charge < -0.3 is 14.6 Å². The molecular formula is C39H72O5. The monoisotopic (exact) mass is 621 g/mol. The minimum absolute atomic E-state index is 0.0688. The predicted octanol–water partition coefficient (Wildman–Crippen LogP) is 11.5. The van der Waals surface area contributed by atoms with Crippen molar-refractivity contribution in [3.63, 3.8) is 0 Å². The van der Waals surface area contributed by atoms with Gasteiger partial charge in [-0.05, 0) is 64.2 Å². The highest BCUT2D eigenvalue weighted by Crippen LogP contribution is 2.13. The molecule has 0 aromatic heterocycles. The van der Waals surface area contributed by atoms with Crippen LogP contribution in [0.25, 0.3) is 0 Å². The Kier molecular flexibility index (Phi) is 34.5. The molecule has 0 bridgehead atoms. The molecule has 0 heterocycles. The van der Waals surface area contributed by atoms with Crippen LogP contribution in [0.4, 0.5) is 0 Å². The van der Waals surface area contributed by atoms with Gasteiger partial charge in [0.15, 0.2) is 6.10 Å². The Hall–Kier alpha value is -1.62. The molecule has 0 aromatic rings. The van der Waals surface area contributed by atoms with Crippen LogP contribution < -0.4 is 0 Å². The van der Waals surface area contributed by atoms with E-state index in [0.29, 0.717) is 12.8 Å². The van der Waals surface area contributed by atoms with Crippen molar-refractivity contribution in [1.29, 1.82) is 0 Å². The van der Waals surface area contributed by atoms with Gasteiger partial charge in [-0.2, -0.15) is 0 Å². The second-order valence-electron chi connectivity index (χ2n) is 12.6. The van der Waals surface area contributed by atoms with Gasteiger partial charge in [-0.3, -0.25) is 9.59 Å². The minimum atomic E-state index is -0.773. The van der Waals surface area contributed by atoms with Gasteiger partial charge in [0.05, 0.1) is 6.61 Å². The molecule has 0 aliphatic carbocycles. The topological polar surface area (TPSA) is 72.8 Å². The molecule has 5 heteroatoms. The van der Waals surface area contributed by atoms with Crippen LogP contribution in [0.2, 0.25) is 0 Å². The van der Waals surface area contributed by atoms with E-state index in [-0.39, 0.29) is 25.2 Å². The SMILES string of the molecule is CCCCCCC=CCCCCCCCC(=O)OC(CO)COC(=O)CCCCCCCCCC=CCCCCCCCC. The molecule has 44 heavy (non-hydrogen) atoms. The third-order valence-corrected chi connectivity index (χ3v) is 8.22. The summed E-state index contributed by atoms with van der Waals surface area (Å²) in [5, 5.41) is 9.53. The Bertz CT molecular complexity index is 671. The maximum Gasteiger partial charge on any atom is 0.306 e.